The monoisotopic (exact) mass is 213 g/mol. The molecule has 1 rings (SSSR count). The Bertz CT molecular complexity index is 200. The van der Waals surface area contributed by atoms with Crippen molar-refractivity contribution < 1.29 is 4.79 Å². The van der Waals surface area contributed by atoms with E-state index in [2.05, 4.69) is 24.1 Å². The zero-order valence-electron chi connectivity index (χ0n) is 10.1. The van der Waals surface area contributed by atoms with E-state index in [1.54, 1.807) is 0 Å². The highest BCUT2D eigenvalue weighted by molar-refractivity contribution is 5.78. The fraction of sp³-hybridized carbons (Fsp3) is 0.909. The van der Waals surface area contributed by atoms with E-state index in [4.69, 9.17) is 0 Å². The Kier molecular flexibility index (Phi) is 5.05. The number of carbonyl (C=O) groups is 1. The number of hydrogen-bond donors (Lipinski definition) is 1. The molecule has 0 aromatic rings. The Morgan fingerprint density at radius 2 is 1.93 bits per heavy atom. The van der Waals surface area contributed by atoms with Crippen LogP contribution in [0.1, 0.15) is 20.3 Å². The molecule has 1 fully saturated rings. The van der Waals surface area contributed by atoms with Crippen molar-refractivity contribution >= 4 is 5.91 Å². The third-order valence-corrected chi connectivity index (χ3v) is 3.21. The molecule has 0 radical (unpaired) electrons. The van der Waals surface area contributed by atoms with E-state index in [9.17, 15) is 4.79 Å². The normalized spacial score (nSPS) is 20.3. The zero-order chi connectivity index (χ0) is 11.3. The number of hydrogen-bond acceptors (Lipinski definition) is 3. The second kappa shape index (κ2) is 6.08. The molecule has 88 valence electrons. The number of rotatable bonds is 4. The second-order valence-electron chi connectivity index (χ2n) is 4.20. The summed E-state index contributed by atoms with van der Waals surface area (Å²) in [7, 11) is 1.81. The van der Waals surface area contributed by atoms with E-state index in [0.29, 0.717) is 12.6 Å². The molecule has 0 bridgehead atoms. The molecule has 1 aliphatic heterocycles. The summed E-state index contributed by atoms with van der Waals surface area (Å²) in [5.41, 5.74) is 0. The maximum absolute atomic E-state index is 11.6. The topological polar surface area (TPSA) is 35.6 Å². The first-order valence-electron chi connectivity index (χ1n) is 5.85. The summed E-state index contributed by atoms with van der Waals surface area (Å²) < 4.78 is 0. The number of nitrogens with one attached hydrogen (secondary N) is 1. The predicted molar refractivity (Wildman–Crippen MR) is 61.8 cm³/mol. The minimum atomic E-state index is 0.223. The molecule has 0 aromatic heterocycles. The van der Waals surface area contributed by atoms with Gasteiger partial charge in [-0.3, -0.25) is 9.69 Å². The van der Waals surface area contributed by atoms with Crippen LogP contribution in [-0.4, -0.2) is 61.5 Å². The summed E-state index contributed by atoms with van der Waals surface area (Å²) in [6, 6.07) is 0.645. The van der Waals surface area contributed by atoms with Crippen LogP contribution in [0.2, 0.25) is 0 Å². The summed E-state index contributed by atoms with van der Waals surface area (Å²) in [6.45, 7) is 8.72. The first kappa shape index (κ1) is 12.5. The molecule has 1 aliphatic rings. The van der Waals surface area contributed by atoms with Crippen molar-refractivity contribution in [1.82, 2.24) is 15.1 Å². The SMILES string of the molecule is CCC(C)N1CCN(C(=O)CNC)CC1. The lowest BCUT2D eigenvalue weighted by Crippen LogP contribution is -2.52. The number of amides is 1. The lowest BCUT2D eigenvalue weighted by Gasteiger charge is -2.37. The third-order valence-electron chi connectivity index (χ3n) is 3.21. The van der Waals surface area contributed by atoms with Gasteiger partial charge in [-0.15, -0.1) is 0 Å². The van der Waals surface area contributed by atoms with Gasteiger partial charge in [0.05, 0.1) is 6.54 Å². The Labute approximate surface area is 92.6 Å². The molecule has 1 atom stereocenters. The zero-order valence-corrected chi connectivity index (χ0v) is 10.1. The van der Waals surface area contributed by atoms with Crippen LogP contribution in [0.4, 0.5) is 0 Å². The Morgan fingerprint density at radius 1 is 1.33 bits per heavy atom. The fourth-order valence-electron chi connectivity index (χ4n) is 1.93. The van der Waals surface area contributed by atoms with Crippen molar-refractivity contribution in [2.24, 2.45) is 0 Å². The van der Waals surface area contributed by atoms with Crippen molar-refractivity contribution in [3.8, 4) is 0 Å². The quantitative estimate of drug-likeness (QED) is 0.722. The molecular weight excluding hydrogens is 190 g/mol. The van der Waals surface area contributed by atoms with Crippen LogP contribution in [0, 0.1) is 0 Å². The molecule has 0 aliphatic carbocycles. The Balaban J connectivity index is 2.32. The molecule has 0 spiro atoms. The lowest BCUT2D eigenvalue weighted by molar-refractivity contribution is -0.132. The molecule has 0 aromatic carbocycles. The van der Waals surface area contributed by atoms with Crippen molar-refractivity contribution in [1.29, 1.82) is 0 Å². The third kappa shape index (κ3) is 3.47. The number of nitrogens with zero attached hydrogens (tertiary/aromatic N) is 2. The lowest BCUT2D eigenvalue weighted by atomic mass is 10.2. The van der Waals surface area contributed by atoms with Crippen LogP contribution >= 0.6 is 0 Å². The molecule has 4 nitrogen and oxygen atoms in total. The van der Waals surface area contributed by atoms with Gasteiger partial charge in [0.2, 0.25) is 5.91 Å². The van der Waals surface area contributed by atoms with Gasteiger partial charge in [-0.1, -0.05) is 6.92 Å². The molecule has 1 amide bonds. The molecule has 1 saturated heterocycles. The van der Waals surface area contributed by atoms with Gasteiger partial charge in [0.15, 0.2) is 0 Å². The Morgan fingerprint density at radius 3 is 2.40 bits per heavy atom. The van der Waals surface area contributed by atoms with Crippen molar-refractivity contribution in [2.45, 2.75) is 26.3 Å². The van der Waals surface area contributed by atoms with Gasteiger partial charge in [-0.05, 0) is 20.4 Å². The highest BCUT2D eigenvalue weighted by Crippen LogP contribution is 2.08. The van der Waals surface area contributed by atoms with Crippen molar-refractivity contribution in [3.63, 3.8) is 0 Å². The molecule has 1 heterocycles. The largest absolute Gasteiger partial charge is 0.339 e. The standard InChI is InChI=1S/C11H23N3O/c1-4-10(2)13-5-7-14(8-6-13)11(15)9-12-3/h10,12H,4-9H2,1-3H3. The van der Waals surface area contributed by atoms with Crippen LogP contribution in [-0.2, 0) is 4.79 Å². The van der Waals surface area contributed by atoms with Gasteiger partial charge in [0.1, 0.15) is 0 Å². The van der Waals surface area contributed by atoms with Gasteiger partial charge >= 0.3 is 0 Å². The van der Waals surface area contributed by atoms with Gasteiger partial charge in [-0.2, -0.15) is 0 Å². The van der Waals surface area contributed by atoms with E-state index in [1.165, 1.54) is 6.42 Å². The molecule has 4 heteroatoms. The molecule has 0 saturated carbocycles. The summed E-state index contributed by atoms with van der Waals surface area (Å²) >= 11 is 0. The number of carbonyl (C=O) groups excluding carboxylic acids is 1. The van der Waals surface area contributed by atoms with Gasteiger partial charge in [-0.25, -0.2) is 0 Å². The van der Waals surface area contributed by atoms with Crippen LogP contribution in [0.3, 0.4) is 0 Å². The predicted octanol–water partition coefficient (Wildman–Crippen LogP) is 0.149. The highest BCUT2D eigenvalue weighted by Gasteiger charge is 2.22. The molecule has 15 heavy (non-hydrogen) atoms. The van der Waals surface area contributed by atoms with E-state index < -0.39 is 0 Å². The molecule has 1 unspecified atom stereocenters. The highest BCUT2D eigenvalue weighted by atomic mass is 16.2. The first-order chi connectivity index (χ1) is 7.19. The van der Waals surface area contributed by atoms with Gasteiger partial charge in [0, 0.05) is 32.2 Å². The summed E-state index contributed by atoms with van der Waals surface area (Å²) in [5, 5.41) is 2.91. The first-order valence-corrected chi connectivity index (χ1v) is 5.85. The summed E-state index contributed by atoms with van der Waals surface area (Å²) in [6.07, 6.45) is 1.18. The van der Waals surface area contributed by atoms with Gasteiger partial charge in [0.25, 0.3) is 0 Å². The van der Waals surface area contributed by atoms with E-state index >= 15 is 0 Å². The van der Waals surface area contributed by atoms with E-state index in [1.807, 2.05) is 11.9 Å². The average molecular weight is 213 g/mol. The molecular formula is C11H23N3O. The maximum Gasteiger partial charge on any atom is 0.236 e. The summed E-state index contributed by atoms with van der Waals surface area (Å²) in [5.74, 6) is 0.223. The van der Waals surface area contributed by atoms with Crippen LogP contribution in [0.25, 0.3) is 0 Å². The smallest absolute Gasteiger partial charge is 0.236 e. The Hall–Kier alpha value is -0.610. The summed E-state index contributed by atoms with van der Waals surface area (Å²) in [4.78, 5) is 16.0. The second-order valence-corrected chi connectivity index (χ2v) is 4.20. The van der Waals surface area contributed by atoms with Crippen molar-refractivity contribution in [2.75, 3.05) is 39.8 Å². The molecule has 1 N–H and O–H groups in total. The minimum Gasteiger partial charge on any atom is -0.339 e. The van der Waals surface area contributed by atoms with Crippen LogP contribution in [0.5, 0.6) is 0 Å². The van der Waals surface area contributed by atoms with Gasteiger partial charge < -0.3 is 10.2 Å². The minimum absolute atomic E-state index is 0.223. The maximum atomic E-state index is 11.6. The number of piperazine rings is 1. The van der Waals surface area contributed by atoms with Crippen LogP contribution < -0.4 is 5.32 Å². The number of likely N-dealkylation sites (N-methyl/N-ethyl adjacent to an activating group) is 1. The van der Waals surface area contributed by atoms with Crippen molar-refractivity contribution in [3.05, 3.63) is 0 Å². The average Bonchev–Trinajstić information content (AvgIpc) is 2.28. The van der Waals surface area contributed by atoms with E-state index in [-0.39, 0.29) is 5.91 Å². The van der Waals surface area contributed by atoms with E-state index in [0.717, 1.165) is 26.2 Å². The van der Waals surface area contributed by atoms with Crippen LogP contribution in [0.15, 0.2) is 0 Å². The fourth-order valence-corrected chi connectivity index (χ4v) is 1.93.